The summed E-state index contributed by atoms with van der Waals surface area (Å²) in [7, 11) is 0. The van der Waals surface area contributed by atoms with E-state index in [2.05, 4.69) is 22.3 Å². The van der Waals surface area contributed by atoms with Crippen molar-refractivity contribution >= 4 is 34.6 Å². The van der Waals surface area contributed by atoms with Crippen molar-refractivity contribution in [2.24, 2.45) is 0 Å². The normalized spacial score (nSPS) is 18.9. The second-order valence-corrected chi connectivity index (χ2v) is 11.9. The first-order valence-electron chi connectivity index (χ1n) is 13.6. The Morgan fingerprint density at radius 3 is 2.49 bits per heavy atom. The van der Waals surface area contributed by atoms with Gasteiger partial charge < -0.3 is 24.1 Å². The van der Waals surface area contributed by atoms with E-state index in [1.54, 1.807) is 11.0 Å². The minimum Gasteiger partial charge on any atom is -0.490 e. The fourth-order valence-electron chi connectivity index (χ4n) is 5.06. The number of halogens is 1. The summed E-state index contributed by atoms with van der Waals surface area (Å²) in [6, 6.07) is 15.3. The number of carbonyl (C=O) groups is 2. The Balaban J connectivity index is 1.12. The molecule has 1 atom stereocenters. The quantitative estimate of drug-likeness (QED) is 0.411. The molecule has 208 valence electrons. The molecule has 39 heavy (non-hydrogen) atoms. The zero-order valence-corrected chi connectivity index (χ0v) is 23.5. The van der Waals surface area contributed by atoms with Crippen molar-refractivity contribution in [2.45, 2.75) is 64.3 Å². The van der Waals surface area contributed by atoms with E-state index in [0.29, 0.717) is 25.1 Å². The summed E-state index contributed by atoms with van der Waals surface area (Å²) in [5, 5.41) is 4.56. The van der Waals surface area contributed by atoms with E-state index in [1.165, 1.54) is 5.56 Å². The predicted molar refractivity (Wildman–Crippen MR) is 150 cm³/mol. The number of furan rings is 1. The summed E-state index contributed by atoms with van der Waals surface area (Å²) in [5.41, 5.74) is 1.34. The summed E-state index contributed by atoms with van der Waals surface area (Å²) in [6.45, 7) is 9.32. The number of amides is 2. The maximum absolute atomic E-state index is 12.9. The number of piperidine rings is 1. The van der Waals surface area contributed by atoms with Gasteiger partial charge in [-0.05, 0) is 82.0 Å². The van der Waals surface area contributed by atoms with E-state index in [1.807, 2.05) is 51.1 Å². The Hall–Kier alpha value is -3.23. The maximum atomic E-state index is 12.9. The third-order valence-electron chi connectivity index (χ3n) is 7.04. The average molecular weight is 554 g/mol. The van der Waals surface area contributed by atoms with Crippen LogP contribution in [0.1, 0.15) is 56.2 Å². The monoisotopic (exact) mass is 553 g/mol. The molecule has 2 aliphatic heterocycles. The Bertz CT molecular complexity index is 1310. The number of nitrogens with zero attached hydrogens (tertiary/aromatic N) is 2. The number of carbonyl (C=O) groups excluding carboxylic acids is 2. The fraction of sp³-hybridized carbons (Fsp3) is 0.467. The van der Waals surface area contributed by atoms with Gasteiger partial charge in [-0.1, -0.05) is 23.7 Å². The molecule has 9 heteroatoms. The van der Waals surface area contributed by atoms with Crippen LogP contribution in [0.25, 0.3) is 11.0 Å². The summed E-state index contributed by atoms with van der Waals surface area (Å²) >= 11 is 6.00. The number of ether oxygens (including phenoxy) is 2. The van der Waals surface area contributed by atoms with Crippen LogP contribution in [0.3, 0.4) is 0 Å². The highest BCUT2D eigenvalue weighted by molar-refractivity contribution is 6.30. The molecule has 5 rings (SSSR count). The molecule has 0 bridgehead atoms. The number of hydrogen-bond donors (Lipinski definition) is 1. The zero-order chi connectivity index (χ0) is 27.6. The van der Waals surface area contributed by atoms with Gasteiger partial charge in [0, 0.05) is 49.2 Å². The third kappa shape index (κ3) is 7.25. The highest BCUT2D eigenvalue weighted by Crippen LogP contribution is 2.27. The summed E-state index contributed by atoms with van der Waals surface area (Å²) in [5.74, 6) is 0.723. The van der Waals surface area contributed by atoms with Crippen LogP contribution in [0.5, 0.6) is 5.75 Å². The first-order chi connectivity index (χ1) is 18.6. The Morgan fingerprint density at radius 1 is 1.03 bits per heavy atom. The van der Waals surface area contributed by atoms with E-state index in [9.17, 15) is 9.59 Å². The fourth-order valence-corrected chi connectivity index (χ4v) is 5.19. The van der Waals surface area contributed by atoms with Gasteiger partial charge in [0.05, 0.1) is 0 Å². The minimum atomic E-state index is -0.551. The molecule has 3 heterocycles. The molecule has 2 amide bonds. The molecule has 2 aromatic carbocycles. The largest absolute Gasteiger partial charge is 0.490 e. The van der Waals surface area contributed by atoms with Gasteiger partial charge in [-0.2, -0.15) is 0 Å². The van der Waals surface area contributed by atoms with Gasteiger partial charge in [0.25, 0.3) is 5.91 Å². The van der Waals surface area contributed by atoms with E-state index < -0.39 is 5.60 Å². The Labute approximate surface area is 234 Å². The van der Waals surface area contributed by atoms with Crippen molar-refractivity contribution in [1.29, 1.82) is 0 Å². The van der Waals surface area contributed by atoms with Gasteiger partial charge in [-0.3, -0.25) is 9.69 Å². The van der Waals surface area contributed by atoms with Crippen LogP contribution < -0.4 is 10.1 Å². The highest BCUT2D eigenvalue weighted by Gasteiger charge is 2.31. The van der Waals surface area contributed by atoms with Crippen LogP contribution >= 0.6 is 11.6 Å². The molecular formula is C30H36ClN3O5. The maximum Gasteiger partial charge on any atom is 0.410 e. The molecule has 2 aliphatic rings. The predicted octanol–water partition coefficient (Wildman–Crippen LogP) is 5.87. The smallest absolute Gasteiger partial charge is 0.410 e. The van der Waals surface area contributed by atoms with Gasteiger partial charge in [-0.25, -0.2) is 4.79 Å². The lowest BCUT2D eigenvalue weighted by Crippen LogP contribution is -2.40. The molecule has 2 saturated heterocycles. The molecule has 1 N–H and O–H groups in total. The highest BCUT2D eigenvalue weighted by atomic mass is 35.5. The second kappa shape index (κ2) is 11.5. The first-order valence-corrected chi connectivity index (χ1v) is 13.9. The first kappa shape index (κ1) is 27.3. The Morgan fingerprint density at radius 2 is 1.77 bits per heavy atom. The van der Waals surface area contributed by atoms with Crippen molar-refractivity contribution in [3.05, 3.63) is 64.9 Å². The van der Waals surface area contributed by atoms with Gasteiger partial charge >= 0.3 is 6.09 Å². The van der Waals surface area contributed by atoms with Gasteiger partial charge in [0.2, 0.25) is 0 Å². The van der Waals surface area contributed by atoms with Crippen molar-refractivity contribution in [1.82, 2.24) is 15.1 Å². The molecule has 8 nitrogen and oxygen atoms in total. The van der Waals surface area contributed by atoms with Crippen molar-refractivity contribution in [3.63, 3.8) is 0 Å². The van der Waals surface area contributed by atoms with Gasteiger partial charge in [0.1, 0.15) is 23.0 Å². The molecule has 0 saturated carbocycles. The average Bonchev–Trinajstić information content (AvgIpc) is 3.53. The van der Waals surface area contributed by atoms with E-state index in [4.69, 9.17) is 25.5 Å². The standard InChI is InChI=1S/C30H36ClN3O5/c1-30(2,3)39-29(36)34-15-10-23(19-34)32-28(35)27-17-21-16-25(8-9-26(21)38-27)37-24-11-13-33(14-12-24)18-20-4-6-22(31)7-5-20/h4-9,16-17,23-24H,10-15,18-19H2,1-3H3,(H,32,35). The third-order valence-corrected chi connectivity index (χ3v) is 7.30. The van der Waals surface area contributed by atoms with Gasteiger partial charge in [-0.15, -0.1) is 0 Å². The molecule has 3 aromatic rings. The van der Waals surface area contributed by atoms with Crippen molar-refractivity contribution < 1.29 is 23.5 Å². The lowest BCUT2D eigenvalue weighted by atomic mass is 10.1. The number of rotatable bonds is 6. The second-order valence-electron chi connectivity index (χ2n) is 11.4. The summed E-state index contributed by atoms with van der Waals surface area (Å²) in [4.78, 5) is 29.2. The van der Waals surface area contributed by atoms with Crippen LogP contribution in [0.4, 0.5) is 4.79 Å². The molecule has 2 fully saturated rings. The lowest BCUT2D eigenvalue weighted by Gasteiger charge is -2.32. The number of likely N-dealkylation sites (tertiary alicyclic amines) is 2. The van der Waals surface area contributed by atoms with Crippen LogP contribution in [-0.4, -0.2) is 65.7 Å². The van der Waals surface area contributed by atoms with Crippen molar-refractivity contribution in [2.75, 3.05) is 26.2 Å². The summed E-state index contributed by atoms with van der Waals surface area (Å²) < 4.78 is 17.5. The topological polar surface area (TPSA) is 84.2 Å². The van der Waals surface area contributed by atoms with Gasteiger partial charge in [0.15, 0.2) is 5.76 Å². The number of hydrogen-bond acceptors (Lipinski definition) is 6. The molecule has 0 radical (unpaired) electrons. The number of fused-ring (bicyclic) bond motifs is 1. The van der Waals surface area contributed by atoms with Crippen LogP contribution in [0.2, 0.25) is 5.02 Å². The van der Waals surface area contributed by atoms with Crippen molar-refractivity contribution in [3.8, 4) is 5.75 Å². The molecule has 0 spiro atoms. The molecular weight excluding hydrogens is 518 g/mol. The minimum absolute atomic E-state index is 0.147. The van der Waals surface area contributed by atoms with E-state index >= 15 is 0 Å². The summed E-state index contributed by atoms with van der Waals surface area (Å²) in [6.07, 6.45) is 2.36. The Kier molecular flexibility index (Phi) is 8.05. The van der Waals surface area contributed by atoms with E-state index in [-0.39, 0.29) is 29.9 Å². The van der Waals surface area contributed by atoms with E-state index in [0.717, 1.165) is 48.6 Å². The van der Waals surface area contributed by atoms with Crippen LogP contribution in [0.15, 0.2) is 52.9 Å². The molecule has 0 aliphatic carbocycles. The van der Waals surface area contributed by atoms with Crippen LogP contribution in [-0.2, 0) is 11.3 Å². The zero-order valence-electron chi connectivity index (χ0n) is 22.7. The number of nitrogens with one attached hydrogen (secondary N) is 1. The number of benzene rings is 2. The SMILES string of the molecule is CC(C)(C)OC(=O)N1CCC(NC(=O)c2cc3cc(OC4CCN(Cc5ccc(Cl)cc5)CC4)ccc3o2)C1. The lowest BCUT2D eigenvalue weighted by molar-refractivity contribution is 0.0290. The molecule has 1 unspecified atom stereocenters. The van der Waals surface area contributed by atoms with Crippen LogP contribution in [0, 0.1) is 0 Å². The molecule has 1 aromatic heterocycles.